The van der Waals surface area contributed by atoms with E-state index in [1.54, 1.807) is 0 Å². The maximum Gasteiger partial charge on any atom is 0.441 e. The number of alkyl halides is 3. The summed E-state index contributed by atoms with van der Waals surface area (Å²) in [5, 5.41) is 3.96. The standard InChI is InChI=1S/C13H13F3N2S/c1-9-8-12(17-6-7-19-13(14,15)16)10-4-2-3-5-11(10)18-9/h2-5,8H,6-7H2,1H3,(H,17,18). The highest BCUT2D eigenvalue weighted by molar-refractivity contribution is 8.00. The van der Waals surface area contributed by atoms with E-state index in [4.69, 9.17) is 0 Å². The number of fused-ring (bicyclic) bond motifs is 1. The molecule has 0 fully saturated rings. The van der Waals surface area contributed by atoms with Crippen molar-refractivity contribution in [3.63, 3.8) is 0 Å². The zero-order valence-corrected chi connectivity index (χ0v) is 11.1. The van der Waals surface area contributed by atoms with Gasteiger partial charge in [0.05, 0.1) is 5.52 Å². The lowest BCUT2D eigenvalue weighted by Crippen LogP contribution is -2.10. The van der Waals surface area contributed by atoms with Crippen molar-refractivity contribution in [3.05, 3.63) is 36.0 Å². The van der Waals surface area contributed by atoms with Crippen molar-refractivity contribution in [2.45, 2.75) is 12.4 Å². The maximum absolute atomic E-state index is 12.0. The van der Waals surface area contributed by atoms with E-state index in [0.717, 1.165) is 22.3 Å². The number of benzene rings is 1. The van der Waals surface area contributed by atoms with E-state index >= 15 is 0 Å². The van der Waals surface area contributed by atoms with Gasteiger partial charge in [-0.15, -0.1) is 0 Å². The van der Waals surface area contributed by atoms with Gasteiger partial charge in [0.2, 0.25) is 0 Å². The number of hydrogen-bond donors (Lipinski definition) is 1. The first-order valence-electron chi connectivity index (χ1n) is 5.77. The summed E-state index contributed by atoms with van der Waals surface area (Å²) < 4.78 is 36.1. The van der Waals surface area contributed by atoms with E-state index in [1.165, 1.54) is 0 Å². The molecule has 0 bridgehead atoms. The minimum Gasteiger partial charge on any atom is -0.384 e. The smallest absolute Gasteiger partial charge is 0.384 e. The van der Waals surface area contributed by atoms with E-state index in [0.29, 0.717) is 0 Å². The highest BCUT2D eigenvalue weighted by Gasteiger charge is 2.27. The molecule has 2 aromatic rings. The molecule has 19 heavy (non-hydrogen) atoms. The highest BCUT2D eigenvalue weighted by atomic mass is 32.2. The van der Waals surface area contributed by atoms with Crippen LogP contribution in [-0.4, -0.2) is 22.8 Å². The molecule has 0 unspecified atom stereocenters. The molecule has 102 valence electrons. The molecule has 1 N–H and O–H groups in total. The normalized spacial score (nSPS) is 11.8. The second kappa shape index (κ2) is 5.69. The Morgan fingerprint density at radius 1 is 1.26 bits per heavy atom. The summed E-state index contributed by atoms with van der Waals surface area (Å²) >= 11 is -0.0157. The fourth-order valence-corrected chi connectivity index (χ4v) is 2.24. The first-order chi connectivity index (χ1) is 8.96. The summed E-state index contributed by atoms with van der Waals surface area (Å²) in [6, 6.07) is 9.41. The molecular formula is C13H13F3N2S. The number of thioether (sulfide) groups is 1. The average molecular weight is 286 g/mol. The Kier molecular flexibility index (Phi) is 4.19. The van der Waals surface area contributed by atoms with Crippen molar-refractivity contribution in [3.8, 4) is 0 Å². The van der Waals surface area contributed by atoms with Crippen LogP contribution in [0.25, 0.3) is 10.9 Å². The minimum absolute atomic E-state index is 0.0147. The van der Waals surface area contributed by atoms with Crippen LogP contribution < -0.4 is 5.32 Å². The largest absolute Gasteiger partial charge is 0.441 e. The fourth-order valence-electron chi connectivity index (χ4n) is 1.81. The molecule has 0 aliphatic rings. The topological polar surface area (TPSA) is 24.9 Å². The minimum atomic E-state index is -4.17. The summed E-state index contributed by atoms with van der Waals surface area (Å²) in [5.74, 6) is -0.0147. The lowest BCUT2D eigenvalue weighted by Gasteiger charge is -2.11. The number of para-hydroxylation sites is 1. The molecule has 6 heteroatoms. The van der Waals surface area contributed by atoms with Gasteiger partial charge >= 0.3 is 5.51 Å². The monoisotopic (exact) mass is 286 g/mol. The third-order valence-corrected chi connectivity index (χ3v) is 3.26. The van der Waals surface area contributed by atoms with Crippen LogP contribution in [0.15, 0.2) is 30.3 Å². The summed E-state index contributed by atoms with van der Waals surface area (Å²) in [7, 11) is 0. The molecular weight excluding hydrogens is 273 g/mol. The zero-order valence-electron chi connectivity index (χ0n) is 10.3. The van der Waals surface area contributed by atoms with Crippen molar-refractivity contribution in [1.82, 2.24) is 4.98 Å². The zero-order chi connectivity index (χ0) is 13.9. The number of rotatable bonds is 4. The van der Waals surface area contributed by atoms with Crippen molar-refractivity contribution in [2.24, 2.45) is 0 Å². The van der Waals surface area contributed by atoms with Gasteiger partial charge in [-0.05, 0) is 30.8 Å². The molecule has 1 aromatic carbocycles. The summed E-state index contributed by atoms with van der Waals surface area (Å²) in [4.78, 5) is 4.38. The van der Waals surface area contributed by atoms with Gasteiger partial charge in [0.15, 0.2) is 0 Å². The van der Waals surface area contributed by atoms with Gasteiger partial charge in [0.25, 0.3) is 0 Å². The molecule has 2 rings (SSSR count). The lowest BCUT2D eigenvalue weighted by molar-refractivity contribution is -0.0327. The Morgan fingerprint density at radius 2 is 2.00 bits per heavy atom. The van der Waals surface area contributed by atoms with Crippen LogP contribution in [0.1, 0.15) is 5.69 Å². The van der Waals surface area contributed by atoms with E-state index in [2.05, 4.69) is 10.3 Å². The summed E-state index contributed by atoms with van der Waals surface area (Å²) in [5.41, 5.74) is -1.67. The number of aryl methyl sites for hydroxylation is 1. The number of pyridine rings is 1. The van der Waals surface area contributed by atoms with Gasteiger partial charge in [-0.1, -0.05) is 18.2 Å². The molecule has 0 atom stereocenters. The molecule has 0 amide bonds. The van der Waals surface area contributed by atoms with E-state index in [-0.39, 0.29) is 24.1 Å². The van der Waals surface area contributed by atoms with Gasteiger partial charge < -0.3 is 5.32 Å². The predicted octanol–water partition coefficient (Wildman–Crippen LogP) is 4.21. The van der Waals surface area contributed by atoms with Crippen LogP contribution in [0.4, 0.5) is 18.9 Å². The van der Waals surface area contributed by atoms with Crippen molar-refractivity contribution >= 4 is 28.4 Å². The Hall–Kier alpha value is -1.43. The van der Waals surface area contributed by atoms with Crippen LogP contribution in [0.3, 0.4) is 0 Å². The van der Waals surface area contributed by atoms with Crippen molar-refractivity contribution in [1.29, 1.82) is 0 Å². The van der Waals surface area contributed by atoms with Crippen LogP contribution in [0.2, 0.25) is 0 Å². The van der Waals surface area contributed by atoms with Crippen LogP contribution in [0.5, 0.6) is 0 Å². The Morgan fingerprint density at radius 3 is 2.74 bits per heavy atom. The van der Waals surface area contributed by atoms with Gasteiger partial charge in [-0.3, -0.25) is 4.98 Å². The quantitative estimate of drug-likeness (QED) is 0.852. The molecule has 0 saturated heterocycles. The van der Waals surface area contributed by atoms with E-state index in [9.17, 15) is 13.2 Å². The predicted molar refractivity (Wildman–Crippen MR) is 73.5 cm³/mol. The third kappa shape index (κ3) is 4.02. The summed E-state index contributed by atoms with van der Waals surface area (Å²) in [6.07, 6.45) is 0. The van der Waals surface area contributed by atoms with Crippen LogP contribution in [-0.2, 0) is 0 Å². The lowest BCUT2D eigenvalue weighted by atomic mass is 10.1. The van der Waals surface area contributed by atoms with E-state index < -0.39 is 5.51 Å². The molecule has 0 saturated carbocycles. The first kappa shape index (κ1) is 14.0. The summed E-state index contributed by atoms with van der Waals surface area (Å²) in [6.45, 7) is 2.12. The molecule has 1 aromatic heterocycles. The van der Waals surface area contributed by atoms with Crippen molar-refractivity contribution in [2.75, 3.05) is 17.6 Å². The second-order valence-electron chi connectivity index (χ2n) is 4.05. The number of halogens is 3. The van der Waals surface area contributed by atoms with Gasteiger partial charge in [0.1, 0.15) is 0 Å². The van der Waals surface area contributed by atoms with Gasteiger partial charge in [-0.25, -0.2) is 0 Å². The first-order valence-corrected chi connectivity index (χ1v) is 6.75. The third-order valence-electron chi connectivity index (χ3n) is 2.53. The number of nitrogens with zero attached hydrogens (tertiary/aromatic N) is 1. The Balaban J connectivity index is 2.08. The molecule has 1 heterocycles. The van der Waals surface area contributed by atoms with Gasteiger partial charge in [0, 0.05) is 29.1 Å². The Bertz CT molecular complexity index is 569. The molecule has 0 aliphatic carbocycles. The average Bonchev–Trinajstić information content (AvgIpc) is 2.33. The fraction of sp³-hybridized carbons (Fsp3) is 0.308. The molecule has 2 nitrogen and oxygen atoms in total. The van der Waals surface area contributed by atoms with Crippen LogP contribution in [0, 0.1) is 6.92 Å². The van der Waals surface area contributed by atoms with E-state index in [1.807, 2.05) is 37.3 Å². The van der Waals surface area contributed by atoms with Gasteiger partial charge in [-0.2, -0.15) is 13.2 Å². The number of nitrogens with one attached hydrogen (secondary N) is 1. The number of hydrogen-bond acceptors (Lipinski definition) is 3. The number of aromatic nitrogens is 1. The molecule has 0 radical (unpaired) electrons. The molecule has 0 spiro atoms. The Labute approximate surface area is 113 Å². The maximum atomic E-state index is 12.0. The highest BCUT2D eigenvalue weighted by Crippen LogP contribution is 2.30. The second-order valence-corrected chi connectivity index (χ2v) is 5.21. The molecule has 0 aliphatic heterocycles. The van der Waals surface area contributed by atoms with Crippen molar-refractivity contribution < 1.29 is 13.2 Å². The number of anilines is 1. The van der Waals surface area contributed by atoms with Crippen LogP contribution >= 0.6 is 11.8 Å². The SMILES string of the molecule is Cc1cc(NCCSC(F)(F)F)c2ccccc2n1.